The first-order valence-corrected chi connectivity index (χ1v) is 9.34. The Morgan fingerprint density at radius 1 is 1.04 bits per heavy atom. The van der Waals surface area contributed by atoms with Gasteiger partial charge in [0.25, 0.3) is 5.91 Å². The fraction of sp³-hybridized carbons (Fsp3) is 0.176. The lowest BCUT2D eigenvalue weighted by atomic mass is 10.2. The topological polar surface area (TPSA) is 113 Å². The normalized spacial score (nSPS) is 12.4. The predicted octanol–water partition coefficient (Wildman–Crippen LogP) is 2.50. The summed E-state index contributed by atoms with van der Waals surface area (Å²) in [6.45, 7) is 1.45. The van der Waals surface area contributed by atoms with E-state index >= 15 is 0 Å². The van der Waals surface area contributed by atoms with Crippen LogP contribution in [0.2, 0.25) is 0 Å². The molecule has 0 aliphatic carbocycles. The fourth-order valence-corrected chi connectivity index (χ4v) is 3.48. The molecule has 2 aromatic carbocycles. The average Bonchev–Trinajstić information content (AvgIpc) is 2.62. The number of carbonyl (C=O) groups is 2. The van der Waals surface area contributed by atoms with Gasteiger partial charge in [0, 0.05) is 11.8 Å². The van der Waals surface area contributed by atoms with Crippen LogP contribution >= 0.6 is 0 Å². The molecule has 0 aliphatic rings. The van der Waals surface area contributed by atoms with Crippen LogP contribution in [0.15, 0.2) is 41.3 Å². The number of anilines is 1. The molecule has 0 saturated carbocycles. The number of carbonyl (C=O) groups excluding carboxylic acids is 1. The van der Waals surface area contributed by atoms with E-state index in [0.717, 1.165) is 24.3 Å². The lowest BCUT2D eigenvalue weighted by Crippen LogP contribution is -2.40. The third-order valence-electron chi connectivity index (χ3n) is 3.67. The van der Waals surface area contributed by atoms with Crippen molar-refractivity contribution in [1.82, 2.24) is 4.72 Å². The summed E-state index contributed by atoms with van der Waals surface area (Å²) >= 11 is 0. The highest BCUT2D eigenvalue weighted by atomic mass is 32.2. The van der Waals surface area contributed by atoms with Gasteiger partial charge in [0.05, 0.1) is 10.5 Å². The van der Waals surface area contributed by atoms with Crippen molar-refractivity contribution in [3.8, 4) is 0 Å². The maximum atomic E-state index is 14.0. The minimum Gasteiger partial charge on any atom is -0.480 e. The molecule has 0 spiro atoms. The van der Waals surface area contributed by atoms with E-state index < -0.39 is 55.9 Å². The summed E-state index contributed by atoms with van der Waals surface area (Å²) in [6.07, 6.45) is -0.0424. The highest BCUT2D eigenvalue weighted by molar-refractivity contribution is 7.89. The maximum Gasteiger partial charge on any atom is 0.321 e. The van der Waals surface area contributed by atoms with Crippen LogP contribution in [0.1, 0.15) is 23.7 Å². The molecule has 2 rings (SSSR count). The summed E-state index contributed by atoms with van der Waals surface area (Å²) in [5.41, 5.74) is -0.859. The van der Waals surface area contributed by atoms with E-state index in [1.807, 2.05) is 4.72 Å². The Bertz CT molecular complexity index is 1030. The Kier molecular flexibility index (Phi) is 6.41. The van der Waals surface area contributed by atoms with Gasteiger partial charge in [-0.2, -0.15) is 4.72 Å². The van der Waals surface area contributed by atoms with E-state index in [-0.39, 0.29) is 12.1 Å². The molecule has 0 unspecified atom stereocenters. The van der Waals surface area contributed by atoms with Crippen molar-refractivity contribution < 1.29 is 36.3 Å². The number of sulfonamides is 1. The number of rotatable bonds is 7. The van der Waals surface area contributed by atoms with E-state index in [1.165, 1.54) is 6.92 Å². The van der Waals surface area contributed by atoms with Crippen LogP contribution in [0.4, 0.5) is 18.9 Å². The van der Waals surface area contributed by atoms with Crippen molar-refractivity contribution in [3.05, 3.63) is 59.4 Å². The first-order chi connectivity index (χ1) is 13.0. The lowest BCUT2D eigenvalue weighted by Gasteiger charge is -2.14. The minimum absolute atomic E-state index is 0.0424. The van der Waals surface area contributed by atoms with Gasteiger partial charge in [0.2, 0.25) is 10.0 Å². The summed E-state index contributed by atoms with van der Waals surface area (Å²) in [7, 11) is -4.36. The molecular formula is C17H15F3N2O5S. The molecule has 0 fully saturated rings. The predicted molar refractivity (Wildman–Crippen MR) is 92.7 cm³/mol. The number of halogens is 3. The summed E-state index contributed by atoms with van der Waals surface area (Å²) in [4.78, 5) is 22.7. The first kappa shape index (κ1) is 21.4. The molecule has 3 N–H and O–H groups in total. The van der Waals surface area contributed by atoms with Crippen LogP contribution in [-0.4, -0.2) is 31.4 Å². The molecular weight excluding hydrogens is 401 g/mol. The highest BCUT2D eigenvalue weighted by Gasteiger charge is 2.25. The van der Waals surface area contributed by atoms with Gasteiger partial charge in [0.1, 0.15) is 11.9 Å². The second-order valence-electron chi connectivity index (χ2n) is 5.65. The standard InChI is InChI=1S/C17H15F3N2O5S/c1-2-15(17(24)25)22-28(26,27)10-4-6-12(18)11(8-10)16(23)21-9-3-5-13(19)14(20)7-9/h3-8,15,22H,2H2,1H3,(H,21,23)(H,24,25)/t15-/m1/s1. The third-order valence-corrected chi connectivity index (χ3v) is 5.14. The molecule has 2 aromatic rings. The average molecular weight is 416 g/mol. The molecule has 0 radical (unpaired) electrons. The molecule has 0 saturated heterocycles. The van der Waals surface area contributed by atoms with Crippen molar-refractivity contribution in [2.75, 3.05) is 5.32 Å². The quantitative estimate of drug-likeness (QED) is 0.642. The second kappa shape index (κ2) is 8.40. The Hall–Kier alpha value is -2.92. The Labute approximate surface area is 158 Å². The van der Waals surface area contributed by atoms with E-state index in [2.05, 4.69) is 5.32 Å². The summed E-state index contributed by atoms with van der Waals surface area (Å²) in [5, 5.41) is 11.1. The molecule has 1 amide bonds. The van der Waals surface area contributed by atoms with Crippen molar-refractivity contribution in [3.63, 3.8) is 0 Å². The zero-order valence-corrected chi connectivity index (χ0v) is 15.2. The lowest BCUT2D eigenvalue weighted by molar-refractivity contribution is -0.139. The number of amides is 1. The van der Waals surface area contributed by atoms with Gasteiger partial charge in [-0.1, -0.05) is 6.92 Å². The maximum absolute atomic E-state index is 14.0. The van der Waals surface area contributed by atoms with Gasteiger partial charge in [-0.15, -0.1) is 0 Å². The number of carboxylic acid groups (broad SMARTS) is 1. The van der Waals surface area contributed by atoms with Gasteiger partial charge in [-0.25, -0.2) is 21.6 Å². The van der Waals surface area contributed by atoms with Crippen molar-refractivity contribution in [2.45, 2.75) is 24.3 Å². The Morgan fingerprint density at radius 2 is 1.68 bits per heavy atom. The van der Waals surface area contributed by atoms with E-state index in [0.29, 0.717) is 12.1 Å². The molecule has 150 valence electrons. The van der Waals surface area contributed by atoms with E-state index in [9.17, 15) is 31.2 Å². The molecule has 28 heavy (non-hydrogen) atoms. The molecule has 0 heterocycles. The zero-order valence-electron chi connectivity index (χ0n) is 14.4. The second-order valence-corrected chi connectivity index (χ2v) is 7.36. The van der Waals surface area contributed by atoms with Crippen LogP contribution in [-0.2, 0) is 14.8 Å². The van der Waals surface area contributed by atoms with Crippen molar-refractivity contribution in [1.29, 1.82) is 0 Å². The summed E-state index contributed by atoms with van der Waals surface area (Å²) in [5.74, 6) is -5.95. The number of aliphatic carboxylic acids is 1. The number of carboxylic acids is 1. The molecule has 11 heteroatoms. The number of nitrogens with one attached hydrogen (secondary N) is 2. The molecule has 0 aromatic heterocycles. The number of benzene rings is 2. The van der Waals surface area contributed by atoms with Gasteiger partial charge in [-0.3, -0.25) is 9.59 Å². The fourth-order valence-electron chi connectivity index (χ4n) is 2.18. The summed E-state index contributed by atoms with van der Waals surface area (Å²) in [6, 6.07) is 3.34. The number of hydrogen-bond acceptors (Lipinski definition) is 4. The van der Waals surface area contributed by atoms with Gasteiger partial charge in [-0.05, 0) is 36.8 Å². The van der Waals surface area contributed by atoms with E-state index in [1.54, 1.807) is 0 Å². The molecule has 0 aliphatic heterocycles. The highest BCUT2D eigenvalue weighted by Crippen LogP contribution is 2.19. The Morgan fingerprint density at radius 3 is 2.25 bits per heavy atom. The van der Waals surface area contributed by atoms with Crippen LogP contribution in [0.5, 0.6) is 0 Å². The SMILES string of the molecule is CC[C@@H](NS(=O)(=O)c1ccc(F)c(C(=O)Nc2ccc(F)c(F)c2)c1)C(=O)O. The third kappa shape index (κ3) is 4.87. The van der Waals surface area contributed by atoms with Crippen LogP contribution in [0.3, 0.4) is 0 Å². The Balaban J connectivity index is 2.32. The monoisotopic (exact) mass is 416 g/mol. The van der Waals surface area contributed by atoms with Crippen LogP contribution in [0, 0.1) is 17.5 Å². The van der Waals surface area contributed by atoms with Crippen molar-refractivity contribution >= 4 is 27.6 Å². The van der Waals surface area contributed by atoms with E-state index in [4.69, 9.17) is 5.11 Å². The van der Waals surface area contributed by atoms with Gasteiger partial charge in [0.15, 0.2) is 11.6 Å². The summed E-state index contributed by atoms with van der Waals surface area (Å²) < 4.78 is 66.7. The minimum atomic E-state index is -4.36. The van der Waals surface area contributed by atoms with Crippen molar-refractivity contribution in [2.24, 2.45) is 0 Å². The van der Waals surface area contributed by atoms with Crippen LogP contribution < -0.4 is 10.0 Å². The smallest absolute Gasteiger partial charge is 0.321 e. The molecule has 0 bridgehead atoms. The number of hydrogen-bond donors (Lipinski definition) is 3. The molecule has 7 nitrogen and oxygen atoms in total. The van der Waals surface area contributed by atoms with Gasteiger partial charge < -0.3 is 10.4 Å². The first-order valence-electron chi connectivity index (χ1n) is 7.86. The zero-order chi connectivity index (χ0) is 21.1. The molecule has 1 atom stereocenters. The van der Waals surface area contributed by atoms with Crippen LogP contribution in [0.25, 0.3) is 0 Å². The largest absolute Gasteiger partial charge is 0.480 e. The van der Waals surface area contributed by atoms with Gasteiger partial charge >= 0.3 is 5.97 Å².